The fourth-order valence-corrected chi connectivity index (χ4v) is 4.86. The van der Waals surface area contributed by atoms with Gasteiger partial charge in [-0.05, 0) is 56.7 Å². The van der Waals surface area contributed by atoms with Crippen molar-refractivity contribution >= 4 is 22.7 Å². The van der Waals surface area contributed by atoms with E-state index in [9.17, 15) is 26.7 Å². The molecular formula is C31H24F5N5O2. The third kappa shape index (κ3) is 5.68. The first kappa shape index (κ1) is 29.4. The lowest BCUT2D eigenvalue weighted by Gasteiger charge is -2.21. The van der Waals surface area contributed by atoms with E-state index < -0.39 is 40.7 Å². The molecule has 12 heteroatoms. The van der Waals surface area contributed by atoms with Gasteiger partial charge in [-0.3, -0.25) is 4.79 Å². The number of anilines is 1. The van der Waals surface area contributed by atoms with Gasteiger partial charge in [-0.15, -0.1) is 0 Å². The van der Waals surface area contributed by atoms with Crippen molar-refractivity contribution < 1.29 is 26.7 Å². The average molecular weight is 594 g/mol. The molecule has 0 aliphatic carbocycles. The minimum Gasteiger partial charge on any atom is -0.457 e. The molecule has 1 atom stereocenters. The Kier molecular flexibility index (Phi) is 7.70. The molecule has 1 unspecified atom stereocenters. The number of nitrogens with two attached hydrogens (primary N) is 1. The monoisotopic (exact) mass is 593 g/mol. The zero-order valence-electron chi connectivity index (χ0n) is 23.1. The number of allylic oxidation sites excluding steroid dienone is 1. The maximum absolute atomic E-state index is 15.0. The summed E-state index contributed by atoms with van der Waals surface area (Å²) in [6, 6.07) is 9.07. The van der Waals surface area contributed by atoms with Gasteiger partial charge < -0.3 is 15.0 Å². The fourth-order valence-electron chi connectivity index (χ4n) is 4.86. The van der Waals surface area contributed by atoms with Crippen LogP contribution in [-0.2, 0) is 6.18 Å². The molecule has 0 spiro atoms. The number of alkyl halides is 3. The van der Waals surface area contributed by atoms with Crippen LogP contribution < -0.4 is 16.0 Å². The first-order valence-electron chi connectivity index (χ1n) is 13.0. The Hall–Kier alpha value is -5.13. The Balaban J connectivity index is 1.60. The van der Waals surface area contributed by atoms with Crippen molar-refractivity contribution in [1.82, 2.24) is 19.5 Å². The van der Waals surface area contributed by atoms with Crippen LogP contribution in [0.15, 0.2) is 71.9 Å². The second kappa shape index (κ2) is 11.3. The molecule has 0 aliphatic heterocycles. The molecule has 3 aromatic carbocycles. The lowest BCUT2D eigenvalue weighted by Crippen LogP contribution is -2.17. The standard InChI is InChI=1S/C31H24F5N5O2/c1-4-6-18-11-19(32)12-23(33)27(18)17(3)41-15-39-30(42)22-13-20(9-10-25(22)41)43-26-8-5-7-21(28(26)31(34,35)36)29-38-14-24(37)16(2)40-29/h4-15,17H,37H2,1-3H3. The van der Waals surface area contributed by atoms with Gasteiger partial charge in [0.15, 0.2) is 5.82 Å². The summed E-state index contributed by atoms with van der Waals surface area (Å²) in [6.07, 6.45) is 0.811. The van der Waals surface area contributed by atoms with Crippen LogP contribution in [-0.4, -0.2) is 19.5 Å². The molecule has 5 aromatic rings. The van der Waals surface area contributed by atoms with Crippen molar-refractivity contribution in [2.24, 2.45) is 0 Å². The van der Waals surface area contributed by atoms with E-state index in [0.717, 1.165) is 12.1 Å². The molecular weight excluding hydrogens is 569 g/mol. The van der Waals surface area contributed by atoms with Crippen molar-refractivity contribution in [2.75, 3.05) is 5.73 Å². The molecule has 0 bridgehead atoms. The van der Waals surface area contributed by atoms with Crippen molar-refractivity contribution in [3.8, 4) is 22.9 Å². The fraction of sp³-hybridized carbons (Fsp3) is 0.161. The molecule has 2 heterocycles. The van der Waals surface area contributed by atoms with Crippen LogP contribution in [0.5, 0.6) is 11.5 Å². The molecule has 220 valence electrons. The minimum atomic E-state index is -4.85. The number of nitrogen functional groups attached to an aromatic ring is 1. The first-order chi connectivity index (χ1) is 20.4. The van der Waals surface area contributed by atoms with E-state index in [2.05, 4.69) is 15.0 Å². The van der Waals surface area contributed by atoms with Gasteiger partial charge >= 0.3 is 6.18 Å². The Bertz CT molecular complexity index is 1950. The van der Waals surface area contributed by atoms with Gasteiger partial charge in [0.2, 0.25) is 0 Å². The Labute approximate surface area is 242 Å². The number of rotatable bonds is 6. The summed E-state index contributed by atoms with van der Waals surface area (Å²) >= 11 is 0. The van der Waals surface area contributed by atoms with Gasteiger partial charge in [0.05, 0.1) is 40.9 Å². The van der Waals surface area contributed by atoms with E-state index in [4.69, 9.17) is 10.5 Å². The number of hydrogen-bond donors (Lipinski definition) is 1. The van der Waals surface area contributed by atoms with Gasteiger partial charge in [0.1, 0.15) is 28.7 Å². The van der Waals surface area contributed by atoms with Gasteiger partial charge in [0.25, 0.3) is 5.56 Å². The van der Waals surface area contributed by atoms with Crippen molar-refractivity contribution in [1.29, 1.82) is 0 Å². The predicted octanol–water partition coefficient (Wildman–Crippen LogP) is 7.48. The molecule has 0 saturated heterocycles. The summed E-state index contributed by atoms with van der Waals surface area (Å²) < 4.78 is 79.2. The Morgan fingerprint density at radius 1 is 1.07 bits per heavy atom. The molecule has 0 radical (unpaired) electrons. The number of hydrogen-bond acceptors (Lipinski definition) is 6. The van der Waals surface area contributed by atoms with Crippen molar-refractivity contribution in [2.45, 2.75) is 33.0 Å². The largest absolute Gasteiger partial charge is 0.457 e. The molecule has 7 nitrogen and oxygen atoms in total. The number of fused-ring (bicyclic) bond motifs is 1. The second-order valence-corrected chi connectivity index (χ2v) is 9.72. The lowest BCUT2D eigenvalue weighted by atomic mass is 9.99. The van der Waals surface area contributed by atoms with Gasteiger partial charge in [0, 0.05) is 17.2 Å². The summed E-state index contributed by atoms with van der Waals surface area (Å²) in [5, 5.41) is 0.0177. The van der Waals surface area contributed by atoms with Crippen LogP contribution in [0.2, 0.25) is 0 Å². The van der Waals surface area contributed by atoms with E-state index in [0.29, 0.717) is 16.8 Å². The maximum atomic E-state index is 15.0. The Morgan fingerprint density at radius 3 is 2.53 bits per heavy atom. The zero-order chi connectivity index (χ0) is 31.1. The van der Waals surface area contributed by atoms with Gasteiger partial charge in [-0.2, -0.15) is 18.2 Å². The summed E-state index contributed by atoms with van der Waals surface area (Å²) in [7, 11) is 0. The van der Waals surface area contributed by atoms with Crippen molar-refractivity contribution in [3.05, 3.63) is 112 Å². The highest BCUT2D eigenvalue weighted by Crippen LogP contribution is 2.44. The van der Waals surface area contributed by atoms with Gasteiger partial charge in [-0.1, -0.05) is 24.3 Å². The molecule has 0 saturated carbocycles. The molecule has 2 aromatic heterocycles. The number of halogens is 5. The van der Waals surface area contributed by atoms with E-state index in [1.165, 1.54) is 53.5 Å². The van der Waals surface area contributed by atoms with Crippen LogP contribution >= 0.6 is 0 Å². The van der Waals surface area contributed by atoms with Crippen LogP contribution in [0, 0.1) is 18.6 Å². The smallest absolute Gasteiger partial charge is 0.420 e. The SMILES string of the molecule is CC=Cc1cc(F)cc(F)c1C(C)n1cnc(=O)c2cc(Oc3cccc(-c4ncc(N)c(C)n4)c3C(F)(F)F)ccc21. The van der Waals surface area contributed by atoms with Gasteiger partial charge in [-0.25, -0.2) is 18.7 Å². The molecule has 5 rings (SSSR count). The van der Waals surface area contributed by atoms with Crippen LogP contribution in [0.3, 0.4) is 0 Å². The van der Waals surface area contributed by atoms with E-state index >= 15 is 0 Å². The number of aromatic nitrogens is 4. The number of nitrogens with zero attached hydrogens (tertiary/aromatic N) is 4. The Morgan fingerprint density at radius 2 is 1.84 bits per heavy atom. The molecule has 2 N–H and O–H groups in total. The molecule has 0 amide bonds. The number of aryl methyl sites for hydroxylation is 1. The molecule has 43 heavy (non-hydrogen) atoms. The second-order valence-electron chi connectivity index (χ2n) is 9.72. The van der Waals surface area contributed by atoms with E-state index in [1.807, 2.05) is 0 Å². The summed E-state index contributed by atoms with van der Waals surface area (Å²) in [6.45, 7) is 4.91. The third-order valence-electron chi connectivity index (χ3n) is 6.88. The normalized spacial score (nSPS) is 12.7. The van der Waals surface area contributed by atoms with Crippen molar-refractivity contribution in [3.63, 3.8) is 0 Å². The van der Waals surface area contributed by atoms with E-state index in [-0.39, 0.29) is 33.8 Å². The predicted molar refractivity (Wildman–Crippen MR) is 153 cm³/mol. The quantitative estimate of drug-likeness (QED) is 0.205. The number of ether oxygens (including phenoxy) is 1. The van der Waals surface area contributed by atoms with E-state index in [1.54, 1.807) is 32.9 Å². The van der Waals surface area contributed by atoms with Crippen LogP contribution in [0.4, 0.5) is 27.6 Å². The molecule has 0 aliphatic rings. The topological polar surface area (TPSA) is 95.9 Å². The zero-order valence-corrected chi connectivity index (χ0v) is 23.1. The highest BCUT2D eigenvalue weighted by atomic mass is 19.4. The van der Waals surface area contributed by atoms with Crippen LogP contribution in [0.1, 0.15) is 42.3 Å². The third-order valence-corrected chi connectivity index (χ3v) is 6.88. The first-order valence-corrected chi connectivity index (χ1v) is 13.0. The summed E-state index contributed by atoms with van der Waals surface area (Å²) in [5.41, 5.74) is 4.96. The lowest BCUT2D eigenvalue weighted by molar-refractivity contribution is -0.138. The summed E-state index contributed by atoms with van der Waals surface area (Å²) in [5.74, 6) is -2.32. The van der Waals surface area contributed by atoms with Crippen LogP contribution in [0.25, 0.3) is 28.4 Å². The maximum Gasteiger partial charge on any atom is 0.420 e. The number of benzene rings is 3. The average Bonchev–Trinajstić information content (AvgIpc) is 2.94. The summed E-state index contributed by atoms with van der Waals surface area (Å²) in [4.78, 5) is 24.7. The molecule has 0 fully saturated rings. The minimum absolute atomic E-state index is 0.0177. The highest BCUT2D eigenvalue weighted by molar-refractivity contribution is 5.80. The highest BCUT2D eigenvalue weighted by Gasteiger charge is 2.38.